The third-order valence-corrected chi connectivity index (χ3v) is 8.63. The van der Waals surface area contributed by atoms with E-state index in [4.69, 9.17) is 4.74 Å². The third-order valence-electron chi connectivity index (χ3n) is 8.63. The molecular weight excluding hydrogens is 390 g/mol. The van der Waals surface area contributed by atoms with Gasteiger partial charge in [0.1, 0.15) is 12.2 Å². The SMILES string of the molecule is CCNC(=O)C1(C(OC2CCCC(C)(C(C)C)C2)C(O)CO)CC(C)CCC1C(C)C. The molecule has 31 heavy (non-hydrogen) atoms. The standard InChI is InChI=1S/C26H49NO4/c1-8-27-24(30)26(14-19(6)11-12-21(26)17(2)3)23(22(29)16-28)31-20-10-9-13-25(7,15-20)18(4)5/h17-23,28-29H,8-16H2,1-7H3,(H,27,30). The minimum atomic E-state index is -1.07. The molecule has 0 aromatic heterocycles. The molecule has 0 aliphatic heterocycles. The Kier molecular flexibility index (Phi) is 9.42. The lowest BCUT2D eigenvalue weighted by molar-refractivity contribution is -0.200. The Hall–Kier alpha value is -0.650. The number of carbonyl (C=O) groups excluding carboxylic acids is 1. The second-order valence-corrected chi connectivity index (χ2v) is 11.5. The highest BCUT2D eigenvalue weighted by molar-refractivity contribution is 5.84. The van der Waals surface area contributed by atoms with Crippen molar-refractivity contribution in [3.8, 4) is 0 Å². The summed E-state index contributed by atoms with van der Waals surface area (Å²) < 4.78 is 6.76. The van der Waals surface area contributed by atoms with E-state index in [0.717, 1.165) is 32.1 Å². The molecular formula is C26H49NO4. The van der Waals surface area contributed by atoms with Gasteiger partial charge in [0.25, 0.3) is 0 Å². The lowest BCUT2D eigenvalue weighted by atomic mass is 9.56. The summed E-state index contributed by atoms with van der Waals surface area (Å²) in [6.45, 7) is 15.5. The fourth-order valence-electron chi connectivity index (χ4n) is 6.48. The number of ether oxygens (including phenoxy) is 1. The monoisotopic (exact) mass is 439 g/mol. The molecule has 2 rings (SSSR count). The van der Waals surface area contributed by atoms with Crippen molar-refractivity contribution in [3.05, 3.63) is 0 Å². The molecule has 7 atom stereocenters. The zero-order valence-electron chi connectivity index (χ0n) is 21.1. The summed E-state index contributed by atoms with van der Waals surface area (Å²) in [5.74, 6) is 1.32. The van der Waals surface area contributed by atoms with Crippen molar-refractivity contribution in [1.29, 1.82) is 0 Å². The molecule has 0 radical (unpaired) electrons. The number of carbonyl (C=O) groups is 1. The first kappa shape index (κ1) is 26.6. The van der Waals surface area contributed by atoms with Crippen molar-refractivity contribution in [2.45, 2.75) is 112 Å². The maximum absolute atomic E-state index is 13.7. The van der Waals surface area contributed by atoms with Crippen molar-refractivity contribution in [2.75, 3.05) is 13.2 Å². The van der Waals surface area contributed by atoms with Gasteiger partial charge >= 0.3 is 0 Å². The van der Waals surface area contributed by atoms with Gasteiger partial charge in [0, 0.05) is 6.54 Å². The molecule has 3 N–H and O–H groups in total. The van der Waals surface area contributed by atoms with E-state index in [0.29, 0.717) is 30.7 Å². The number of amides is 1. The average Bonchev–Trinajstić information content (AvgIpc) is 2.71. The van der Waals surface area contributed by atoms with Gasteiger partial charge in [-0.05, 0) is 68.1 Å². The Balaban J connectivity index is 2.47. The molecule has 0 saturated heterocycles. The summed E-state index contributed by atoms with van der Waals surface area (Å²) in [6, 6.07) is 0. The van der Waals surface area contributed by atoms with Crippen LogP contribution in [-0.4, -0.2) is 47.6 Å². The van der Waals surface area contributed by atoms with Crippen LogP contribution in [0.1, 0.15) is 93.4 Å². The zero-order valence-corrected chi connectivity index (χ0v) is 21.1. The largest absolute Gasteiger partial charge is 0.394 e. The van der Waals surface area contributed by atoms with Crippen LogP contribution in [0, 0.1) is 34.5 Å². The highest BCUT2D eigenvalue weighted by Gasteiger charge is 2.57. The molecule has 0 heterocycles. The topological polar surface area (TPSA) is 78.8 Å². The van der Waals surface area contributed by atoms with Gasteiger partial charge in [-0.3, -0.25) is 4.79 Å². The molecule has 7 unspecified atom stereocenters. The second kappa shape index (κ2) is 11.0. The molecule has 182 valence electrons. The number of hydrogen-bond acceptors (Lipinski definition) is 4. The van der Waals surface area contributed by atoms with Gasteiger partial charge in [0.15, 0.2) is 0 Å². The summed E-state index contributed by atoms with van der Waals surface area (Å²) in [7, 11) is 0. The average molecular weight is 440 g/mol. The molecule has 2 fully saturated rings. The van der Waals surface area contributed by atoms with E-state index in [9.17, 15) is 15.0 Å². The Morgan fingerprint density at radius 3 is 2.39 bits per heavy atom. The predicted octanol–water partition coefficient (Wildman–Crippen LogP) is 4.54. The number of aliphatic hydroxyl groups excluding tert-OH is 2. The summed E-state index contributed by atoms with van der Waals surface area (Å²) >= 11 is 0. The van der Waals surface area contributed by atoms with E-state index in [1.165, 1.54) is 6.42 Å². The fraction of sp³-hybridized carbons (Fsp3) is 0.962. The molecule has 0 spiro atoms. The quantitative estimate of drug-likeness (QED) is 0.493. The summed E-state index contributed by atoms with van der Waals surface area (Å²) in [5, 5.41) is 24.1. The van der Waals surface area contributed by atoms with Gasteiger partial charge < -0.3 is 20.3 Å². The van der Waals surface area contributed by atoms with Crippen LogP contribution < -0.4 is 5.32 Å². The van der Waals surface area contributed by atoms with Crippen LogP contribution >= 0.6 is 0 Å². The molecule has 0 bridgehead atoms. The molecule has 2 aliphatic carbocycles. The van der Waals surface area contributed by atoms with E-state index in [1.807, 2.05) is 6.92 Å². The molecule has 0 aromatic rings. The molecule has 2 aliphatic rings. The van der Waals surface area contributed by atoms with Crippen LogP contribution in [0.5, 0.6) is 0 Å². The lowest BCUT2D eigenvalue weighted by Crippen LogP contribution is -2.62. The Labute approximate surface area is 190 Å². The van der Waals surface area contributed by atoms with E-state index in [-0.39, 0.29) is 30.0 Å². The first-order chi connectivity index (χ1) is 14.5. The van der Waals surface area contributed by atoms with Crippen LogP contribution in [0.4, 0.5) is 0 Å². The zero-order chi connectivity index (χ0) is 23.4. The van der Waals surface area contributed by atoms with Crippen LogP contribution in [-0.2, 0) is 9.53 Å². The van der Waals surface area contributed by atoms with Gasteiger partial charge in [-0.15, -0.1) is 0 Å². The Morgan fingerprint density at radius 2 is 1.84 bits per heavy atom. The van der Waals surface area contributed by atoms with Gasteiger partial charge in [-0.1, -0.05) is 54.4 Å². The summed E-state index contributed by atoms with van der Waals surface area (Å²) in [5.41, 5.74) is -0.622. The smallest absolute Gasteiger partial charge is 0.229 e. The third kappa shape index (κ3) is 5.65. The van der Waals surface area contributed by atoms with E-state index >= 15 is 0 Å². The fourth-order valence-corrected chi connectivity index (χ4v) is 6.48. The molecule has 5 nitrogen and oxygen atoms in total. The number of rotatable bonds is 9. The van der Waals surface area contributed by atoms with Crippen LogP contribution in [0.2, 0.25) is 0 Å². The highest BCUT2D eigenvalue weighted by atomic mass is 16.5. The minimum absolute atomic E-state index is 0.00342. The van der Waals surface area contributed by atoms with Crippen molar-refractivity contribution in [1.82, 2.24) is 5.32 Å². The van der Waals surface area contributed by atoms with Gasteiger partial charge in [-0.25, -0.2) is 0 Å². The summed E-state index contributed by atoms with van der Waals surface area (Å²) in [6.07, 6.45) is 5.13. The Morgan fingerprint density at radius 1 is 1.16 bits per heavy atom. The van der Waals surface area contributed by atoms with Gasteiger partial charge in [-0.2, -0.15) is 0 Å². The number of nitrogens with one attached hydrogen (secondary N) is 1. The first-order valence-corrected chi connectivity index (χ1v) is 12.7. The maximum Gasteiger partial charge on any atom is 0.229 e. The molecule has 5 heteroatoms. The molecule has 1 amide bonds. The van der Waals surface area contributed by atoms with Gasteiger partial charge in [0.05, 0.1) is 18.1 Å². The van der Waals surface area contributed by atoms with Crippen LogP contribution in [0.15, 0.2) is 0 Å². The maximum atomic E-state index is 13.7. The first-order valence-electron chi connectivity index (χ1n) is 12.7. The molecule has 2 saturated carbocycles. The minimum Gasteiger partial charge on any atom is -0.394 e. The number of hydrogen-bond donors (Lipinski definition) is 3. The Bertz CT molecular complexity index is 580. The van der Waals surface area contributed by atoms with Crippen LogP contribution in [0.3, 0.4) is 0 Å². The highest BCUT2D eigenvalue weighted by Crippen LogP contribution is 2.52. The van der Waals surface area contributed by atoms with Gasteiger partial charge in [0.2, 0.25) is 5.91 Å². The predicted molar refractivity (Wildman–Crippen MR) is 126 cm³/mol. The van der Waals surface area contributed by atoms with Crippen molar-refractivity contribution in [3.63, 3.8) is 0 Å². The number of aliphatic hydroxyl groups is 2. The van der Waals surface area contributed by atoms with Crippen molar-refractivity contribution in [2.24, 2.45) is 34.5 Å². The van der Waals surface area contributed by atoms with Crippen molar-refractivity contribution >= 4 is 5.91 Å². The van der Waals surface area contributed by atoms with E-state index < -0.39 is 17.6 Å². The second-order valence-electron chi connectivity index (χ2n) is 11.5. The summed E-state index contributed by atoms with van der Waals surface area (Å²) in [4.78, 5) is 13.7. The normalized spacial score (nSPS) is 36.4. The molecule has 0 aromatic carbocycles. The van der Waals surface area contributed by atoms with E-state index in [2.05, 4.69) is 46.9 Å². The lowest BCUT2D eigenvalue weighted by Gasteiger charge is -2.53. The van der Waals surface area contributed by atoms with Crippen LogP contribution in [0.25, 0.3) is 0 Å². The van der Waals surface area contributed by atoms with E-state index in [1.54, 1.807) is 0 Å². The van der Waals surface area contributed by atoms with Crippen molar-refractivity contribution < 1.29 is 19.7 Å².